The van der Waals surface area contributed by atoms with Crippen LogP contribution in [0.15, 0.2) is 15.2 Å². The molecule has 4 nitrogen and oxygen atoms in total. The molecule has 0 radical (unpaired) electrons. The lowest BCUT2D eigenvalue weighted by Gasteiger charge is -2.38. The molecular formula is C14H21BrN2O2S. The molecule has 112 valence electrons. The number of hydrogen-bond donors (Lipinski definition) is 1. The lowest BCUT2D eigenvalue weighted by atomic mass is 10.1. The fraction of sp³-hybridized carbons (Fsp3) is 0.643. The molecule has 2 rings (SSSR count). The molecule has 1 saturated heterocycles. The van der Waals surface area contributed by atoms with Crippen molar-refractivity contribution < 1.29 is 9.53 Å². The Labute approximate surface area is 132 Å². The highest BCUT2D eigenvalue weighted by molar-refractivity contribution is 9.11. The summed E-state index contributed by atoms with van der Waals surface area (Å²) in [5.41, 5.74) is 0.720. The summed E-state index contributed by atoms with van der Waals surface area (Å²) >= 11 is 4.90. The number of hydrogen-bond acceptors (Lipinski definition) is 4. The molecule has 0 aliphatic carbocycles. The number of rotatable bonds is 4. The topological polar surface area (TPSA) is 41.6 Å². The summed E-state index contributed by atoms with van der Waals surface area (Å²) in [6, 6.07) is 2.17. The second kappa shape index (κ2) is 7.02. The average molecular weight is 361 g/mol. The summed E-state index contributed by atoms with van der Waals surface area (Å²) in [5, 5.41) is 4.87. The summed E-state index contributed by atoms with van der Waals surface area (Å²) < 4.78 is 6.71. The maximum absolute atomic E-state index is 12.0. The van der Waals surface area contributed by atoms with Crippen molar-refractivity contribution in [2.24, 2.45) is 0 Å². The molecule has 1 aromatic heterocycles. The predicted octanol–water partition coefficient (Wildman–Crippen LogP) is 2.74. The van der Waals surface area contributed by atoms with Gasteiger partial charge in [0.15, 0.2) is 0 Å². The van der Waals surface area contributed by atoms with Gasteiger partial charge in [0.25, 0.3) is 5.91 Å². The van der Waals surface area contributed by atoms with Gasteiger partial charge in [-0.2, -0.15) is 0 Å². The van der Waals surface area contributed by atoms with E-state index in [1.54, 1.807) is 0 Å². The number of thiophene rings is 1. The van der Waals surface area contributed by atoms with Crippen LogP contribution in [0.3, 0.4) is 0 Å². The van der Waals surface area contributed by atoms with Crippen LogP contribution in [0.5, 0.6) is 0 Å². The van der Waals surface area contributed by atoms with Gasteiger partial charge in [-0.25, -0.2) is 0 Å². The Balaban J connectivity index is 1.82. The Kier molecular flexibility index (Phi) is 5.60. The molecule has 1 amide bonds. The Hall–Kier alpha value is -0.430. The SMILES string of the molecule is CC1CN(C(C)CNC(=O)c2csc(Br)c2)CC(C)O1. The van der Waals surface area contributed by atoms with Crippen molar-refractivity contribution in [2.75, 3.05) is 19.6 Å². The van der Waals surface area contributed by atoms with E-state index in [0.717, 1.165) is 22.4 Å². The first kappa shape index (κ1) is 15.9. The highest BCUT2D eigenvalue weighted by Gasteiger charge is 2.25. The van der Waals surface area contributed by atoms with Crippen molar-refractivity contribution >= 4 is 33.2 Å². The summed E-state index contributed by atoms with van der Waals surface area (Å²) in [6.45, 7) is 8.84. The van der Waals surface area contributed by atoms with Gasteiger partial charge in [0, 0.05) is 31.1 Å². The van der Waals surface area contributed by atoms with E-state index in [2.05, 4.69) is 46.9 Å². The summed E-state index contributed by atoms with van der Waals surface area (Å²) in [4.78, 5) is 14.4. The first-order valence-electron chi connectivity index (χ1n) is 6.87. The number of nitrogens with one attached hydrogen (secondary N) is 1. The number of halogens is 1. The molecule has 1 N–H and O–H groups in total. The Bertz CT molecular complexity index is 456. The first-order valence-corrected chi connectivity index (χ1v) is 8.54. The van der Waals surface area contributed by atoms with E-state index in [9.17, 15) is 4.79 Å². The Morgan fingerprint density at radius 2 is 2.20 bits per heavy atom. The number of carbonyl (C=O) groups excluding carboxylic acids is 1. The van der Waals surface area contributed by atoms with Crippen molar-refractivity contribution in [3.8, 4) is 0 Å². The fourth-order valence-electron chi connectivity index (χ4n) is 2.48. The highest BCUT2D eigenvalue weighted by atomic mass is 79.9. The normalized spacial score (nSPS) is 25.4. The molecule has 3 unspecified atom stereocenters. The minimum absolute atomic E-state index is 0.00634. The van der Waals surface area contributed by atoms with Crippen molar-refractivity contribution in [3.63, 3.8) is 0 Å². The molecule has 0 aromatic carbocycles. The van der Waals surface area contributed by atoms with Gasteiger partial charge >= 0.3 is 0 Å². The highest BCUT2D eigenvalue weighted by Crippen LogP contribution is 2.20. The third-order valence-corrected chi connectivity index (χ3v) is 4.96. The number of carbonyl (C=O) groups is 1. The molecule has 1 aromatic rings. The Morgan fingerprint density at radius 1 is 1.55 bits per heavy atom. The van der Waals surface area contributed by atoms with E-state index in [0.29, 0.717) is 12.6 Å². The van der Waals surface area contributed by atoms with Gasteiger partial charge in [0.05, 0.1) is 21.6 Å². The van der Waals surface area contributed by atoms with Crippen LogP contribution in [-0.4, -0.2) is 48.7 Å². The summed E-state index contributed by atoms with van der Waals surface area (Å²) in [7, 11) is 0. The van der Waals surface area contributed by atoms with E-state index in [1.807, 2.05) is 11.4 Å². The molecule has 1 aliphatic rings. The van der Waals surface area contributed by atoms with Crippen molar-refractivity contribution in [1.29, 1.82) is 0 Å². The number of nitrogens with zero attached hydrogens (tertiary/aromatic N) is 1. The van der Waals surface area contributed by atoms with E-state index < -0.39 is 0 Å². The van der Waals surface area contributed by atoms with E-state index in [1.165, 1.54) is 11.3 Å². The largest absolute Gasteiger partial charge is 0.373 e. The number of morpholine rings is 1. The zero-order valence-electron chi connectivity index (χ0n) is 12.1. The van der Waals surface area contributed by atoms with Crippen LogP contribution in [0.2, 0.25) is 0 Å². The number of ether oxygens (including phenoxy) is 1. The van der Waals surface area contributed by atoms with Gasteiger partial charge in [-0.05, 0) is 42.8 Å². The predicted molar refractivity (Wildman–Crippen MR) is 85.4 cm³/mol. The van der Waals surface area contributed by atoms with Gasteiger partial charge in [0.2, 0.25) is 0 Å². The monoisotopic (exact) mass is 360 g/mol. The average Bonchev–Trinajstić information content (AvgIpc) is 2.81. The van der Waals surface area contributed by atoms with Crippen LogP contribution < -0.4 is 5.32 Å². The van der Waals surface area contributed by atoms with Crippen LogP contribution in [0.25, 0.3) is 0 Å². The zero-order valence-corrected chi connectivity index (χ0v) is 14.5. The van der Waals surface area contributed by atoms with Crippen molar-refractivity contribution in [3.05, 3.63) is 20.8 Å². The molecule has 20 heavy (non-hydrogen) atoms. The molecule has 6 heteroatoms. The molecule has 2 heterocycles. The van der Waals surface area contributed by atoms with Crippen LogP contribution in [-0.2, 0) is 4.74 Å². The van der Waals surface area contributed by atoms with E-state index >= 15 is 0 Å². The van der Waals surface area contributed by atoms with Gasteiger partial charge in [-0.3, -0.25) is 9.69 Å². The van der Waals surface area contributed by atoms with Crippen LogP contribution in [0, 0.1) is 0 Å². The minimum atomic E-state index is -0.00634. The van der Waals surface area contributed by atoms with Crippen molar-refractivity contribution in [1.82, 2.24) is 10.2 Å². The minimum Gasteiger partial charge on any atom is -0.373 e. The van der Waals surface area contributed by atoms with Gasteiger partial charge in [-0.1, -0.05) is 0 Å². The second-order valence-corrected chi connectivity index (χ2v) is 7.70. The van der Waals surface area contributed by atoms with Gasteiger partial charge in [0.1, 0.15) is 0 Å². The summed E-state index contributed by atoms with van der Waals surface area (Å²) in [5.74, 6) is -0.00634. The van der Waals surface area contributed by atoms with Gasteiger partial charge in [-0.15, -0.1) is 11.3 Å². The molecule has 1 aliphatic heterocycles. The molecule has 3 atom stereocenters. The molecule has 1 fully saturated rings. The van der Waals surface area contributed by atoms with Crippen LogP contribution in [0.1, 0.15) is 31.1 Å². The maximum Gasteiger partial charge on any atom is 0.252 e. The van der Waals surface area contributed by atoms with Crippen LogP contribution >= 0.6 is 27.3 Å². The smallest absolute Gasteiger partial charge is 0.252 e. The third kappa shape index (κ3) is 4.28. The standard InChI is InChI=1S/C14H21BrN2O2S/c1-9(17-6-10(2)19-11(3)7-17)5-16-14(18)12-4-13(15)20-8-12/h4,8-11H,5-7H2,1-3H3,(H,16,18). The van der Waals surface area contributed by atoms with Crippen LogP contribution in [0.4, 0.5) is 0 Å². The quantitative estimate of drug-likeness (QED) is 0.897. The lowest BCUT2D eigenvalue weighted by molar-refractivity contribution is -0.0778. The molecule has 0 saturated carbocycles. The van der Waals surface area contributed by atoms with E-state index in [-0.39, 0.29) is 18.1 Å². The number of amides is 1. The van der Waals surface area contributed by atoms with Crippen molar-refractivity contribution in [2.45, 2.75) is 39.0 Å². The Morgan fingerprint density at radius 3 is 2.75 bits per heavy atom. The molecule has 0 bridgehead atoms. The molecular weight excluding hydrogens is 340 g/mol. The van der Waals surface area contributed by atoms with Gasteiger partial charge < -0.3 is 10.1 Å². The maximum atomic E-state index is 12.0. The second-order valence-electron chi connectivity index (χ2n) is 5.41. The first-order chi connectivity index (χ1) is 9.45. The summed E-state index contributed by atoms with van der Waals surface area (Å²) in [6.07, 6.45) is 0.509. The fourth-order valence-corrected chi connectivity index (χ4v) is 3.61. The third-order valence-electron chi connectivity index (χ3n) is 3.46. The van der Waals surface area contributed by atoms with E-state index in [4.69, 9.17) is 4.74 Å². The molecule has 0 spiro atoms. The zero-order chi connectivity index (χ0) is 14.7. The lowest BCUT2D eigenvalue weighted by Crippen LogP contribution is -2.52.